The van der Waals surface area contributed by atoms with Crippen LogP contribution in [0.2, 0.25) is 0 Å². The van der Waals surface area contributed by atoms with Gasteiger partial charge in [-0.2, -0.15) is 13.8 Å². The van der Waals surface area contributed by atoms with Crippen molar-refractivity contribution in [3.63, 3.8) is 0 Å². The number of hydrogen-bond donors (Lipinski definition) is 2. The molecule has 0 aliphatic heterocycles. The minimum Gasteiger partial charge on any atom is -0.480 e. The smallest absolute Gasteiger partial charge is 0.408 e. The maximum absolute atomic E-state index is 13.4. The second-order valence-corrected chi connectivity index (χ2v) is 5.97. The molecular formula is C15H18F2N2O5. The Kier molecular flexibility index (Phi) is 6.33. The number of Topliss-reactive ketones (excluding diaryl/α,β-unsaturated/α-hetero) is 1. The highest BCUT2D eigenvalue weighted by atomic mass is 19.1. The highest BCUT2D eigenvalue weighted by Gasteiger charge is 2.25. The second-order valence-electron chi connectivity index (χ2n) is 5.97. The summed E-state index contributed by atoms with van der Waals surface area (Å²) in [5.41, 5.74) is -1.26. The van der Waals surface area contributed by atoms with Crippen LogP contribution in [0.4, 0.5) is 13.6 Å². The monoisotopic (exact) mass is 344 g/mol. The van der Waals surface area contributed by atoms with E-state index in [1.54, 1.807) is 20.8 Å². The molecule has 0 saturated carbocycles. The van der Waals surface area contributed by atoms with Gasteiger partial charge in [0.25, 0.3) is 0 Å². The normalized spacial score (nSPS) is 12.4. The first kappa shape index (κ1) is 19.5. The van der Waals surface area contributed by atoms with Gasteiger partial charge in [-0.1, -0.05) is 0 Å². The number of nitrogens with zero attached hydrogens (tertiary/aromatic N) is 1. The molecule has 0 saturated heterocycles. The lowest BCUT2D eigenvalue weighted by molar-refractivity contribution is -0.139. The van der Waals surface area contributed by atoms with E-state index >= 15 is 0 Å². The number of nitrogens with one attached hydrogen (secondary N) is 1. The number of amides is 1. The summed E-state index contributed by atoms with van der Waals surface area (Å²) in [4.78, 5) is 37.5. The van der Waals surface area contributed by atoms with E-state index < -0.39 is 46.9 Å². The van der Waals surface area contributed by atoms with Crippen molar-refractivity contribution in [1.29, 1.82) is 0 Å². The Morgan fingerprint density at radius 2 is 1.92 bits per heavy atom. The van der Waals surface area contributed by atoms with Gasteiger partial charge in [-0.25, -0.2) is 9.59 Å². The first-order valence-electron chi connectivity index (χ1n) is 7.07. The van der Waals surface area contributed by atoms with Gasteiger partial charge < -0.3 is 15.2 Å². The summed E-state index contributed by atoms with van der Waals surface area (Å²) in [6.07, 6.45) is -1.61. The lowest BCUT2D eigenvalue weighted by Crippen LogP contribution is -2.43. The standard InChI is InChI=1S/C15H18F2N2O5/c1-15(2,3)24-14(23)18-9(13(21)22)5-6-10(20)8-4-7-11(16)19-12(8)17/h4,7,9H,5-6H2,1-3H3,(H,18,23)(H,21,22)/t9-/m1/s1. The minimum absolute atomic E-state index is 0.287. The molecule has 0 unspecified atom stereocenters. The van der Waals surface area contributed by atoms with Gasteiger partial charge >= 0.3 is 12.1 Å². The van der Waals surface area contributed by atoms with Crippen molar-refractivity contribution in [2.24, 2.45) is 0 Å². The molecule has 1 atom stereocenters. The quantitative estimate of drug-likeness (QED) is 0.606. The molecule has 2 N–H and O–H groups in total. The first-order valence-corrected chi connectivity index (χ1v) is 7.07. The molecule has 1 aromatic rings. The van der Waals surface area contributed by atoms with E-state index in [1.165, 1.54) is 0 Å². The van der Waals surface area contributed by atoms with Crippen molar-refractivity contribution in [1.82, 2.24) is 10.3 Å². The Balaban J connectivity index is 2.68. The molecule has 1 amide bonds. The number of hydrogen-bond acceptors (Lipinski definition) is 5. The fourth-order valence-electron chi connectivity index (χ4n) is 1.74. The fraction of sp³-hybridized carbons (Fsp3) is 0.467. The van der Waals surface area contributed by atoms with E-state index in [0.29, 0.717) is 0 Å². The van der Waals surface area contributed by atoms with E-state index in [-0.39, 0.29) is 12.8 Å². The highest BCUT2D eigenvalue weighted by molar-refractivity contribution is 5.96. The lowest BCUT2D eigenvalue weighted by Gasteiger charge is -2.21. The van der Waals surface area contributed by atoms with E-state index in [0.717, 1.165) is 12.1 Å². The third-order valence-corrected chi connectivity index (χ3v) is 2.76. The summed E-state index contributed by atoms with van der Waals surface area (Å²) in [5.74, 6) is -4.46. The molecule has 0 radical (unpaired) electrons. The van der Waals surface area contributed by atoms with Gasteiger partial charge in [0, 0.05) is 6.42 Å². The van der Waals surface area contributed by atoms with Crippen molar-refractivity contribution in [2.75, 3.05) is 0 Å². The molecule has 24 heavy (non-hydrogen) atoms. The third-order valence-electron chi connectivity index (χ3n) is 2.76. The van der Waals surface area contributed by atoms with Crippen molar-refractivity contribution < 1.29 is 33.0 Å². The fourth-order valence-corrected chi connectivity index (χ4v) is 1.74. The average molecular weight is 344 g/mol. The Hall–Kier alpha value is -2.58. The predicted octanol–water partition coefficient (Wildman–Crippen LogP) is 2.30. The zero-order valence-corrected chi connectivity index (χ0v) is 13.4. The van der Waals surface area contributed by atoms with Crippen LogP contribution in [0.1, 0.15) is 44.0 Å². The van der Waals surface area contributed by atoms with Gasteiger partial charge in [-0.05, 0) is 39.3 Å². The number of pyridine rings is 1. The van der Waals surface area contributed by atoms with Gasteiger partial charge in [0.05, 0.1) is 5.56 Å². The maximum atomic E-state index is 13.4. The van der Waals surface area contributed by atoms with E-state index in [9.17, 15) is 23.2 Å². The van der Waals surface area contributed by atoms with Crippen LogP contribution in [0.3, 0.4) is 0 Å². The SMILES string of the molecule is CC(C)(C)OC(=O)N[C@H](CCC(=O)c1ccc(F)nc1F)C(=O)O. The molecule has 9 heteroatoms. The van der Waals surface area contributed by atoms with Crippen molar-refractivity contribution in [2.45, 2.75) is 45.3 Å². The summed E-state index contributed by atoms with van der Waals surface area (Å²) in [6, 6.07) is 0.362. The van der Waals surface area contributed by atoms with Crippen LogP contribution < -0.4 is 5.32 Å². The number of rotatable bonds is 6. The topological polar surface area (TPSA) is 106 Å². The number of alkyl carbamates (subject to hydrolysis) is 1. The number of carbonyl (C=O) groups excluding carboxylic acids is 2. The van der Waals surface area contributed by atoms with Crippen molar-refractivity contribution in [3.8, 4) is 0 Å². The number of aliphatic carboxylic acids is 1. The molecule has 0 spiro atoms. The van der Waals surface area contributed by atoms with Crippen LogP contribution in [0, 0.1) is 11.9 Å². The van der Waals surface area contributed by atoms with Gasteiger partial charge in [-0.15, -0.1) is 0 Å². The molecular weight excluding hydrogens is 326 g/mol. The number of ketones is 1. The van der Waals surface area contributed by atoms with Crippen LogP contribution >= 0.6 is 0 Å². The molecule has 0 aliphatic carbocycles. The highest BCUT2D eigenvalue weighted by Crippen LogP contribution is 2.12. The summed E-state index contributed by atoms with van der Waals surface area (Å²) in [5, 5.41) is 11.2. The minimum atomic E-state index is -1.39. The summed E-state index contributed by atoms with van der Waals surface area (Å²) >= 11 is 0. The van der Waals surface area contributed by atoms with Gasteiger partial charge in [0.2, 0.25) is 11.9 Å². The maximum Gasteiger partial charge on any atom is 0.408 e. The van der Waals surface area contributed by atoms with Crippen molar-refractivity contribution in [3.05, 3.63) is 29.6 Å². The molecule has 0 aromatic carbocycles. The van der Waals surface area contributed by atoms with Crippen LogP contribution in [-0.2, 0) is 9.53 Å². The number of ether oxygens (including phenoxy) is 1. The molecule has 0 fully saturated rings. The molecule has 1 rings (SSSR count). The summed E-state index contributed by atoms with van der Waals surface area (Å²) in [6.45, 7) is 4.82. The van der Waals surface area contributed by atoms with E-state index in [4.69, 9.17) is 9.84 Å². The number of aromatic nitrogens is 1. The van der Waals surface area contributed by atoms with Gasteiger partial charge in [0.15, 0.2) is 5.78 Å². The van der Waals surface area contributed by atoms with Gasteiger partial charge in [0.1, 0.15) is 11.6 Å². The van der Waals surface area contributed by atoms with Crippen LogP contribution in [-0.4, -0.2) is 39.6 Å². The molecule has 1 heterocycles. The molecule has 7 nitrogen and oxygen atoms in total. The Bertz CT molecular complexity index is 643. The first-order chi connectivity index (χ1) is 11.0. The number of halogens is 2. The molecule has 0 aliphatic rings. The molecule has 1 aromatic heterocycles. The second kappa shape index (κ2) is 7.80. The zero-order valence-electron chi connectivity index (χ0n) is 13.4. The van der Waals surface area contributed by atoms with E-state index in [2.05, 4.69) is 10.3 Å². The van der Waals surface area contributed by atoms with Crippen LogP contribution in [0.15, 0.2) is 12.1 Å². The zero-order chi connectivity index (χ0) is 18.5. The number of carboxylic acids is 1. The molecule has 132 valence electrons. The predicted molar refractivity (Wildman–Crippen MR) is 78.5 cm³/mol. The third kappa shape index (κ3) is 6.27. The summed E-state index contributed by atoms with van der Waals surface area (Å²) < 4.78 is 31.0. The van der Waals surface area contributed by atoms with E-state index in [1.807, 2.05) is 0 Å². The summed E-state index contributed by atoms with van der Waals surface area (Å²) in [7, 11) is 0. The lowest BCUT2D eigenvalue weighted by atomic mass is 10.0. The van der Waals surface area contributed by atoms with Crippen LogP contribution in [0.25, 0.3) is 0 Å². The van der Waals surface area contributed by atoms with Crippen molar-refractivity contribution >= 4 is 17.8 Å². The average Bonchev–Trinajstić information content (AvgIpc) is 2.40. The van der Waals surface area contributed by atoms with Gasteiger partial charge in [-0.3, -0.25) is 4.79 Å². The Morgan fingerprint density at radius 1 is 1.29 bits per heavy atom. The largest absolute Gasteiger partial charge is 0.480 e. The van der Waals surface area contributed by atoms with Crippen LogP contribution in [0.5, 0.6) is 0 Å². The Labute approximate surface area is 137 Å². The Morgan fingerprint density at radius 3 is 2.42 bits per heavy atom. The number of carbonyl (C=O) groups is 3. The number of carboxylic acid groups (broad SMARTS) is 1. The molecule has 0 bridgehead atoms.